The fourth-order valence-corrected chi connectivity index (χ4v) is 2.30. The molecule has 123 valence electrons. The smallest absolute Gasteiger partial charge is 0.242 e. The summed E-state index contributed by atoms with van der Waals surface area (Å²) in [5, 5.41) is 8.75. The minimum absolute atomic E-state index is 0. The molecule has 1 aliphatic rings. The Hall–Kier alpha value is -0.296. The number of rotatable bonds is 6. The molecule has 1 aromatic rings. The van der Waals surface area contributed by atoms with E-state index in [-0.39, 0.29) is 45.2 Å². The van der Waals surface area contributed by atoms with Crippen molar-refractivity contribution in [2.45, 2.75) is 33.2 Å². The van der Waals surface area contributed by atoms with E-state index in [1.807, 2.05) is 24.9 Å². The van der Waals surface area contributed by atoms with Crippen LogP contribution in [0.15, 0.2) is 18.7 Å². The molecule has 1 N–H and O–H groups in total. The number of imidazole rings is 1. The number of amides is 1. The fourth-order valence-electron chi connectivity index (χ4n) is 2.30. The van der Waals surface area contributed by atoms with Gasteiger partial charge in [-0.25, -0.2) is 4.98 Å². The van der Waals surface area contributed by atoms with Gasteiger partial charge in [0, 0.05) is 77.9 Å². The van der Waals surface area contributed by atoms with Crippen LogP contribution in [0.2, 0.25) is 0 Å². The number of aliphatic hydroxyl groups is 1. The van der Waals surface area contributed by atoms with Crippen molar-refractivity contribution in [2.24, 2.45) is 0 Å². The predicted octanol–water partition coefficient (Wildman–Crippen LogP) is 0.824. The van der Waals surface area contributed by atoms with Crippen LogP contribution >= 0.6 is 0 Å². The summed E-state index contributed by atoms with van der Waals surface area (Å²) >= 11 is 0. The second-order valence-electron chi connectivity index (χ2n) is 4.89. The third-order valence-corrected chi connectivity index (χ3v) is 3.48. The topological polar surface area (TPSA) is 61.6 Å². The summed E-state index contributed by atoms with van der Waals surface area (Å²) in [6.07, 6.45) is 7.05. The number of nitrogens with zero attached hydrogens (tertiary/aromatic N) is 4. The average molecular weight is 385 g/mol. The molecule has 1 amide bonds. The zero-order chi connectivity index (χ0) is 15.5. The third-order valence-electron chi connectivity index (χ3n) is 3.48. The van der Waals surface area contributed by atoms with E-state index in [9.17, 15) is 4.79 Å². The molecule has 0 unspecified atom stereocenters. The molecule has 2 heterocycles. The molecule has 0 bridgehead atoms. The quantitative estimate of drug-likeness (QED) is 0.737. The normalized spacial score (nSPS) is 14.8. The molecule has 0 spiro atoms. The number of carbonyl (C=O) groups excluding carboxylic acids is 1. The number of hydrogen-bond donors (Lipinski definition) is 1. The van der Waals surface area contributed by atoms with Gasteiger partial charge in [-0.2, -0.15) is 0 Å². The Morgan fingerprint density at radius 3 is 2.41 bits per heavy atom. The molecule has 6 nitrogen and oxygen atoms in total. The van der Waals surface area contributed by atoms with Crippen molar-refractivity contribution in [3.63, 3.8) is 0 Å². The Bertz CT molecular complexity index is 379. The van der Waals surface area contributed by atoms with E-state index in [2.05, 4.69) is 9.88 Å². The molecule has 1 radical (unpaired) electrons. The summed E-state index contributed by atoms with van der Waals surface area (Å²) in [6.45, 7) is 9.12. The van der Waals surface area contributed by atoms with Crippen LogP contribution in [0.3, 0.4) is 0 Å². The molecule has 0 saturated carbocycles. The van der Waals surface area contributed by atoms with Crippen LogP contribution in [-0.2, 0) is 44.0 Å². The summed E-state index contributed by atoms with van der Waals surface area (Å²) in [7, 11) is 0. The van der Waals surface area contributed by atoms with Gasteiger partial charge < -0.3 is 14.6 Å². The molecule has 2 rings (SSSR count). The molecule has 0 atom stereocenters. The number of hydrogen-bond acceptors (Lipinski definition) is 4. The molecule has 7 heteroatoms. The van der Waals surface area contributed by atoms with Gasteiger partial charge in [-0.05, 0) is 19.4 Å². The van der Waals surface area contributed by atoms with E-state index in [1.165, 1.54) is 0 Å². The van der Waals surface area contributed by atoms with Crippen molar-refractivity contribution in [3.05, 3.63) is 18.7 Å². The molecule has 0 aromatic carbocycles. The number of aromatic nitrogens is 2. The molecular weight excluding hydrogens is 357 g/mol. The van der Waals surface area contributed by atoms with Crippen molar-refractivity contribution >= 4 is 5.91 Å². The third kappa shape index (κ3) is 7.81. The molecule has 1 saturated heterocycles. The molecule has 1 aromatic heterocycles. The Morgan fingerprint density at radius 2 is 1.86 bits per heavy atom. The van der Waals surface area contributed by atoms with Crippen molar-refractivity contribution in [1.82, 2.24) is 19.4 Å². The van der Waals surface area contributed by atoms with Gasteiger partial charge in [0.15, 0.2) is 0 Å². The van der Waals surface area contributed by atoms with Gasteiger partial charge in [0.2, 0.25) is 5.91 Å². The molecule has 22 heavy (non-hydrogen) atoms. The van der Waals surface area contributed by atoms with E-state index in [0.29, 0.717) is 6.54 Å². The summed E-state index contributed by atoms with van der Waals surface area (Å²) < 4.78 is 1.80. The van der Waals surface area contributed by atoms with Crippen LogP contribution < -0.4 is 0 Å². The van der Waals surface area contributed by atoms with Crippen LogP contribution in [-0.4, -0.2) is 69.7 Å². The first kappa shape index (κ1) is 21.7. The minimum atomic E-state index is 0. The van der Waals surface area contributed by atoms with Crippen LogP contribution in [0, 0.1) is 0 Å². The summed E-state index contributed by atoms with van der Waals surface area (Å²) in [5.74, 6) is 0.160. The maximum Gasteiger partial charge on any atom is 0.242 e. The first-order valence-electron chi connectivity index (χ1n) is 7.86. The predicted molar refractivity (Wildman–Crippen MR) is 82.9 cm³/mol. The van der Waals surface area contributed by atoms with E-state index < -0.39 is 0 Å². The van der Waals surface area contributed by atoms with Gasteiger partial charge in [0.25, 0.3) is 0 Å². The number of unbranched alkanes of at least 4 members (excludes halogenated alkanes) is 1. The van der Waals surface area contributed by atoms with Gasteiger partial charge in [-0.15, -0.1) is 0 Å². The van der Waals surface area contributed by atoms with E-state index in [0.717, 1.165) is 45.6 Å². The van der Waals surface area contributed by atoms with Gasteiger partial charge in [0.05, 0.1) is 6.33 Å². The fraction of sp³-hybridized carbons (Fsp3) is 0.733. The summed E-state index contributed by atoms with van der Waals surface area (Å²) in [5.41, 5.74) is 0. The number of carbonyl (C=O) groups is 1. The average Bonchev–Trinajstić information content (AvgIpc) is 3.03. The first-order valence-corrected chi connectivity index (χ1v) is 7.86. The van der Waals surface area contributed by atoms with Crippen LogP contribution in [0.1, 0.15) is 26.7 Å². The van der Waals surface area contributed by atoms with Crippen molar-refractivity contribution < 1.29 is 42.6 Å². The SMILES string of the molecule is CC.O=C(Cn1ccnc1)N1CCN(CCCCO)CC1.[Y]. The molecule has 1 fully saturated rings. The van der Waals surface area contributed by atoms with Crippen molar-refractivity contribution in [3.8, 4) is 0 Å². The Labute approximate surface area is 158 Å². The van der Waals surface area contributed by atoms with Gasteiger partial charge >= 0.3 is 0 Å². The van der Waals surface area contributed by atoms with E-state index in [1.54, 1.807) is 17.1 Å². The largest absolute Gasteiger partial charge is 0.396 e. The van der Waals surface area contributed by atoms with Crippen molar-refractivity contribution in [2.75, 3.05) is 39.3 Å². The standard InChI is InChI=1S/C13H22N4O2.C2H6.Y/c18-10-2-1-4-15-6-8-17(9-7-15)13(19)11-16-5-3-14-12-16;1-2;/h3,5,12,18H,1-2,4,6-11H2;1-2H3;. The molecule has 0 aliphatic carbocycles. The van der Waals surface area contributed by atoms with Gasteiger partial charge in [-0.3, -0.25) is 9.69 Å². The zero-order valence-electron chi connectivity index (χ0n) is 13.8. The Balaban J connectivity index is 0.00000141. The van der Waals surface area contributed by atoms with Gasteiger partial charge in [-0.1, -0.05) is 13.8 Å². The van der Waals surface area contributed by atoms with E-state index >= 15 is 0 Å². The number of aliphatic hydroxyl groups excluding tert-OH is 1. The maximum atomic E-state index is 12.1. The Morgan fingerprint density at radius 1 is 1.18 bits per heavy atom. The zero-order valence-corrected chi connectivity index (χ0v) is 16.7. The van der Waals surface area contributed by atoms with Crippen LogP contribution in [0.25, 0.3) is 0 Å². The summed E-state index contributed by atoms with van der Waals surface area (Å²) in [6, 6.07) is 0. The molecular formula is C15H28N4O2Y. The summed E-state index contributed by atoms with van der Waals surface area (Å²) in [4.78, 5) is 20.3. The van der Waals surface area contributed by atoms with Crippen LogP contribution in [0.5, 0.6) is 0 Å². The Kier molecular flexibility index (Phi) is 13.0. The second-order valence-corrected chi connectivity index (χ2v) is 4.89. The van der Waals surface area contributed by atoms with E-state index in [4.69, 9.17) is 5.11 Å². The minimum Gasteiger partial charge on any atom is -0.396 e. The number of piperazine rings is 1. The second kappa shape index (κ2) is 13.2. The maximum absolute atomic E-state index is 12.1. The van der Waals surface area contributed by atoms with Crippen LogP contribution in [0.4, 0.5) is 0 Å². The molecule has 1 aliphatic heterocycles. The van der Waals surface area contributed by atoms with Gasteiger partial charge in [0.1, 0.15) is 6.54 Å². The monoisotopic (exact) mass is 385 g/mol. The first-order chi connectivity index (χ1) is 10.3. The van der Waals surface area contributed by atoms with Crippen molar-refractivity contribution in [1.29, 1.82) is 0 Å².